The van der Waals surface area contributed by atoms with Crippen LogP contribution in [0.4, 0.5) is 0 Å². The normalized spacial score (nSPS) is 9.79. The second kappa shape index (κ2) is 5.16. The molecule has 5 nitrogen and oxygen atoms in total. The first-order valence-electron chi connectivity index (χ1n) is 4.32. The third-order valence-corrected chi connectivity index (χ3v) is 1.79. The van der Waals surface area contributed by atoms with Crippen LogP contribution in [0, 0.1) is 0 Å². The molecule has 14 heavy (non-hydrogen) atoms. The third kappa shape index (κ3) is 3.01. The summed E-state index contributed by atoms with van der Waals surface area (Å²) in [4.78, 5) is 25.5. The largest absolute Gasteiger partial charge is 0.469 e. The highest BCUT2D eigenvalue weighted by molar-refractivity contribution is 5.68. The molecular weight excluding hydrogens is 184 g/mol. The highest BCUT2D eigenvalue weighted by Gasteiger charge is 2.00. The molecule has 0 N–H and O–H groups in total. The lowest BCUT2D eigenvalue weighted by Crippen LogP contribution is -2.21. The fraction of sp³-hybridized carbons (Fsp3) is 0.444. The molecule has 0 fully saturated rings. The number of carbonyl (C=O) groups is 1. The molecule has 1 aromatic rings. The second-order valence-electron chi connectivity index (χ2n) is 2.78. The van der Waals surface area contributed by atoms with Gasteiger partial charge in [0, 0.05) is 25.4 Å². The Hall–Kier alpha value is -1.65. The molecular formula is C9H12N2O3. The summed E-state index contributed by atoms with van der Waals surface area (Å²) in [5.74, 6) is -0.262. The minimum Gasteiger partial charge on any atom is -0.469 e. The van der Waals surface area contributed by atoms with E-state index in [9.17, 15) is 9.59 Å². The lowest BCUT2D eigenvalue weighted by molar-refractivity contribution is -0.140. The first-order valence-corrected chi connectivity index (χ1v) is 4.32. The molecule has 0 saturated heterocycles. The molecule has 0 amide bonds. The first kappa shape index (κ1) is 10.4. The number of aryl methyl sites for hydroxylation is 1. The Labute approximate surface area is 81.3 Å². The topological polar surface area (TPSA) is 61.2 Å². The van der Waals surface area contributed by atoms with Crippen molar-refractivity contribution in [1.29, 1.82) is 0 Å². The molecule has 0 atom stereocenters. The summed E-state index contributed by atoms with van der Waals surface area (Å²) in [5.41, 5.74) is -0.294. The number of hydrogen-bond donors (Lipinski definition) is 0. The zero-order valence-electron chi connectivity index (χ0n) is 7.97. The van der Waals surface area contributed by atoms with E-state index < -0.39 is 0 Å². The van der Waals surface area contributed by atoms with Gasteiger partial charge >= 0.3 is 11.7 Å². The van der Waals surface area contributed by atoms with E-state index in [1.807, 2.05) is 0 Å². The molecule has 0 aromatic carbocycles. The number of carbonyl (C=O) groups excluding carboxylic acids is 1. The fourth-order valence-corrected chi connectivity index (χ4v) is 1.05. The Balaban J connectivity index is 2.43. The summed E-state index contributed by atoms with van der Waals surface area (Å²) in [6.07, 6.45) is 3.99. The zero-order chi connectivity index (χ0) is 10.4. The number of nitrogens with zero attached hydrogens (tertiary/aromatic N) is 2. The van der Waals surface area contributed by atoms with Crippen LogP contribution < -0.4 is 5.69 Å². The zero-order valence-corrected chi connectivity index (χ0v) is 7.97. The van der Waals surface area contributed by atoms with Gasteiger partial charge in [0.05, 0.1) is 7.11 Å². The maximum Gasteiger partial charge on any atom is 0.347 e. The maximum atomic E-state index is 11.1. The van der Waals surface area contributed by atoms with Crippen molar-refractivity contribution in [3.8, 4) is 0 Å². The van der Waals surface area contributed by atoms with Crippen LogP contribution in [-0.4, -0.2) is 22.6 Å². The van der Waals surface area contributed by atoms with Gasteiger partial charge in [-0.3, -0.25) is 9.36 Å². The van der Waals surface area contributed by atoms with Crippen LogP contribution in [0.25, 0.3) is 0 Å². The standard InChI is InChI=1S/C9H12N2O3/c1-14-8(12)4-2-6-11-7-3-5-10-9(11)13/h3,5,7H,2,4,6H2,1H3. The molecule has 1 aromatic heterocycles. The molecule has 0 saturated carbocycles. The first-order chi connectivity index (χ1) is 6.74. The Kier molecular flexibility index (Phi) is 3.84. The van der Waals surface area contributed by atoms with Crippen molar-refractivity contribution in [2.24, 2.45) is 0 Å². The van der Waals surface area contributed by atoms with Crippen molar-refractivity contribution in [2.45, 2.75) is 19.4 Å². The lowest BCUT2D eigenvalue weighted by Gasteiger charge is -2.02. The quantitative estimate of drug-likeness (QED) is 0.645. The Bertz CT molecular complexity index is 359. The molecule has 0 radical (unpaired) electrons. The predicted octanol–water partition coefficient (Wildman–Crippen LogP) is 0.197. The summed E-state index contributed by atoms with van der Waals surface area (Å²) in [7, 11) is 1.35. The van der Waals surface area contributed by atoms with Crippen molar-refractivity contribution < 1.29 is 9.53 Å². The summed E-state index contributed by atoms with van der Waals surface area (Å²) in [5, 5.41) is 0. The van der Waals surface area contributed by atoms with Crippen molar-refractivity contribution in [1.82, 2.24) is 9.55 Å². The maximum absolute atomic E-state index is 11.1. The van der Waals surface area contributed by atoms with E-state index in [2.05, 4.69) is 9.72 Å². The molecule has 0 spiro atoms. The van der Waals surface area contributed by atoms with Crippen LogP contribution in [0.15, 0.2) is 23.3 Å². The summed E-state index contributed by atoms with van der Waals surface area (Å²) < 4.78 is 5.94. The number of esters is 1. The van der Waals surface area contributed by atoms with Gasteiger partial charge in [-0.1, -0.05) is 0 Å². The van der Waals surface area contributed by atoms with E-state index in [0.717, 1.165) is 0 Å². The van der Waals surface area contributed by atoms with Crippen LogP contribution in [0.3, 0.4) is 0 Å². The van der Waals surface area contributed by atoms with Crippen LogP contribution in [0.2, 0.25) is 0 Å². The minimum absolute atomic E-state index is 0.262. The van der Waals surface area contributed by atoms with Crippen molar-refractivity contribution in [2.75, 3.05) is 7.11 Å². The van der Waals surface area contributed by atoms with Crippen LogP contribution in [0.1, 0.15) is 12.8 Å². The Morgan fingerprint density at radius 2 is 2.43 bits per heavy atom. The van der Waals surface area contributed by atoms with Crippen LogP contribution >= 0.6 is 0 Å². The van der Waals surface area contributed by atoms with E-state index in [-0.39, 0.29) is 11.7 Å². The molecule has 0 unspecified atom stereocenters. The molecule has 5 heteroatoms. The molecule has 0 bridgehead atoms. The molecule has 0 aliphatic carbocycles. The molecule has 76 valence electrons. The molecule has 1 rings (SSSR count). The van der Waals surface area contributed by atoms with Crippen molar-refractivity contribution in [3.63, 3.8) is 0 Å². The Morgan fingerprint density at radius 3 is 3.07 bits per heavy atom. The van der Waals surface area contributed by atoms with E-state index in [1.165, 1.54) is 17.9 Å². The highest BCUT2D eigenvalue weighted by atomic mass is 16.5. The SMILES string of the molecule is COC(=O)CCCn1cccnc1=O. The van der Waals surface area contributed by atoms with E-state index in [1.54, 1.807) is 12.3 Å². The van der Waals surface area contributed by atoms with Gasteiger partial charge in [-0.15, -0.1) is 0 Å². The summed E-state index contributed by atoms with van der Waals surface area (Å²) in [6, 6.07) is 1.68. The van der Waals surface area contributed by atoms with Gasteiger partial charge in [0.25, 0.3) is 0 Å². The number of rotatable bonds is 4. The van der Waals surface area contributed by atoms with Crippen LogP contribution in [0.5, 0.6) is 0 Å². The van der Waals surface area contributed by atoms with Gasteiger partial charge in [0.15, 0.2) is 0 Å². The average Bonchev–Trinajstić information content (AvgIpc) is 2.20. The fourth-order valence-electron chi connectivity index (χ4n) is 1.05. The predicted molar refractivity (Wildman–Crippen MR) is 49.7 cm³/mol. The van der Waals surface area contributed by atoms with Crippen LogP contribution in [-0.2, 0) is 16.1 Å². The summed E-state index contributed by atoms with van der Waals surface area (Å²) >= 11 is 0. The van der Waals surface area contributed by atoms with E-state index in [0.29, 0.717) is 19.4 Å². The van der Waals surface area contributed by atoms with E-state index >= 15 is 0 Å². The Morgan fingerprint density at radius 1 is 1.64 bits per heavy atom. The molecule has 0 aliphatic heterocycles. The average molecular weight is 196 g/mol. The number of aromatic nitrogens is 2. The van der Waals surface area contributed by atoms with Gasteiger partial charge in [0.2, 0.25) is 0 Å². The number of ether oxygens (including phenoxy) is 1. The second-order valence-corrected chi connectivity index (χ2v) is 2.78. The third-order valence-electron chi connectivity index (χ3n) is 1.79. The van der Waals surface area contributed by atoms with E-state index in [4.69, 9.17) is 0 Å². The van der Waals surface area contributed by atoms with Gasteiger partial charge in [-0.25, -0.2) is 9.78 Å². The minimum atomic E-state index is -0.294. The monoisotopic (exact) mass is 196 g/mol. The number of hydrogen-bond acceptors (Lipinski definition) is 4. The molecule has 1 heterocycles. The highest BCUT2D eigenvalue weighted by Crippen LogP contribution is 1.94. The van der Waals surface area contributed by atoms with Gasteiger partial charge in [-0.2, -0.15) is 0 Å². The molecule has 0 aliphatic rings. The van der Waals surface area contributed by atoms with Gasteiger partial charge < -0.3 is 4.74 Å². The number of methoxy groups -OCH3 is 1. The van der Waals surface area contributed by atoms with Gasteiger partial charge in [-0.05, 0) is 12.5 Å². The summed E-state index contributed by atoms with van der Waals surface area (Å²) in [6.45, 7) is 0.488. The lowest BCUT2D eigenvalue weighted by atomic mass is 10.3. The van der Waals surface area contributed by atoms with Crippen molar-refractivity contribution in [3.05, 3.63) is 28.9 Å². The van der Waals surface area contributed by atoms with Crippen molar-refractivity contribution >= 4 is 5.97 Å². The van der Waals surface area contributed by atoms with Gasteiger partial charge in [0.1, 0.15) is 0 Å². The smallest absolute Gasteiger partial charge is 0.347 e.